The second kappa shape index (κ2) is 7.31. The number of rotatable bonds is 5. The van der Waals surface area contributed by atoms with Crippen molar-refractivity contribution in [3.8, 4) is 28.0 Å². The lowest BCUT2D eigenvalue weighted by Crippen LogP contribution is -1.88. The maximum Gasteiger partial charge on any atom is 0.131 e. The van der Waals surface area contributed by atoms with E-state index in [1.807, 2.05) is 36.4 Å². The number of aryl methyl sites for hydroxylation is 1. The summed E-state index contributed by atoms with van der Waals surface area (Å²) in [6.07, 6.45) is 2.20. The summed E-state index contributed by atoms with van der Waals surface area (Å²) < 4.78 is 19.7. The molecule has 0 saturated carbocycles. The zero-order valence-corrected chi connectivity index (χ0v) is 14.1. The average molecular weight is 320 g/mol. The van der Waals surface area contributed by atoms with E-state index in [1.165, 1.54) is 5.56 Å². The molecule has 0 saturated heterocycles. The molecule has 0 spiro atoms. The first-order valence-corrected chi connectivity index (χ1v) is 8.24. The van der Waals surface area contributed by atoms with Gasteiger partial charge in [-0.3, -0.25) is 0 Å². The van der Waals surface area contributed by atoms with Gasteiger partial charge in [-0.2, -0.15) is 0 Å². The number of benzene rings is 3. The van der Waals surface area contributed by atoms with E-state index < -0.39 is 0 Å². The Balaban J connectivity index is 1.88. The Morgan fingerprint density at radius 1 is 0.792 bits per heavy atom. The molecule has 0 heterocycles. The highest BCUT2D eigenvalue weighted by atomic mass is 19.1. The van der Waals surface area contributed by atoms with Gasteiger partial charge >= 0.3 is 0 Å². The van der Waals surface area contributed by atoms with Crippen LogP contribution in [0.25, 0.3) is 22.3 Å². The Kier molecular flexibility index (Phi) is 4.95. The molecule has 1 nitrogen and oxygen atoms in total. The molecule has 0 amide bonds. The SMILES string of the molecule is CCCc1ccc(-c2ccc(-c3ccc(OC)cc3)c(F)c2)cc1. The normalized spacial score (nSPS) is 10.6. The number of ether oxygens (including phenoxy) is 1. The number of methoxy groups -OCH3 is 1. The molecule has 0 bridgehead atoms. The molecule has 0 aromatic heterocycles. The third-order valence-electron chi connectivity index (χ3n) is 4.20. The molecule has 0 N–H and O–H groups in total. The highest BCUT2D eigenvalue weighted by Crippen LogP contribution is 2.29. The Morgan fingerprint density at radius 2 is 1.42 bits per heavy atom. The van der Waals surface area contributed by atoms with Crippen molar-refractivity contribution < 1.29 is 9.13 Å². The first-order chi connectivity index (χ1) is 11.7. The van der Waals surface area contributed by atoms with Crippen LogP contribution >= 0.6 is 0 Å². The summed E-state index contributed by atoms with van der Waals surface area (Å²) in [5.74, 6) is 0.554. The van der Waals surface area contributed by atoms with Crippen LogP contribution in [0.5, 0.6) is 5.75 Å². The Hall–Kier alpha value is -2.61. The van der Waals surface area contributed by atoms with Gasteiger partial charge in [0.1, 0.15) is 11.6 Å². The van der Waals surface area contributed by atoms with Crippen LogP contribution in [0.4, 0.5) is 4.39 Å². The quantitative estimate of drug-likeness (QED) is 0.550. The molecular weight excluding hydrogens is 299 g/mol. The summed E-state index contributed by atoms with van der Waals surface area (Å²) in [4.78, 5) is 0. The van der Waals surface area contributed by atoms with E-state index in [-0.39, 0.29) is 5.82 Å². The van der Waals surface area contributed by atoms with E-state index >= 15 is 0 Å². The third kappa shape index (κ3) is 3.48. The summed E-state index contributed by atoms with van der Waals surface area (Å²) in [5.41, 5.74) is 4.70. The molecule has 0 atom stereocenters. The van der Waals surface area contributed by atoms with Crippen molar-refractivity contribution in [2.75, 3.05) is 7.11 Å². The van der Waals surface area contributed by atoms with Crippen LogP contribution in [-0.2, 0) is 6.42 Å². The lowest BCUT2D eigenvalue weighted by molar-refractivity contribution is 0.415. The van der Waals surface area contributed by atoms with Gasteiger partial charge in [0, 0.05) is 5.56 Å². The fourth-order valence-electron chi connectivity index (χ4n) is 2.85. The van der Waals surface area contributed by atoms with Crippen molar-refractivity contribution in [1.82, 2.24) is 0 Å². The van der Waals surface area contributed by atoms with Gasteiger partial charge in [-0.05, 0) is 46.9 Å². The zero-order valence-electron chi connectivity index (χ0n) is 14.1. The Bertz CT molecular complexity index is 804. The lowest BCUT2D eigenvalue weighted by Gasteiger charge is -2.08. The van der Waals surface area contributed by atoms with Gasteiger partial charge in [0.05, 0.1) is 7.11 Å². The highest BCUT2D eigenvalue weighted by Gasteiger charge is 2.08. The second-order valence-corrected chi connectivity index (χ2v) is 5.87. The van der Waals surface area contributed by atoms with E-state index in [1.54, 1.807) is 13.2 Å². The standard InChI is InChI=1S/C22H21FO/c1-3-4-16-5-7-17(8-6-16)19-11-14-21(22(23)15-19)18-9-12-20(24-2)13-10-18/h5-15H,3-4H2,1-2H3. The Morgan fingerprint density at radius 3 is 2.00 bits per heavy atom. The van der Waals surface area contributed by atoms with Crippen molar-refractivity contribution in [2.24, 2.45) is 0 Å². The number of halogens is 1. The number of hydrogen-bond acceptors (Lipinski definition) is 1. The largest absolute Gasteiger partial charge is 0.497 e. The summed E-state index contributed by atoms with van der Waals surface area (Å²) in [5, 5.41) is 0. The second-order valence-electron chi connectivity index (χ2n) is 5.87. The smallest absolute Gasteiger partial charge is 0.131 e. The van der Waals surface area contributed by atoms with Crippen molar-refractivity contribution in [1.29, 1.82) is 0 Å². The summed E-state index contributed by atoms with van der Waals surface area (Å²) in [6.45, 7) is 2.17. The van der Waals surface area contributed by atoms with Crippen LogP contribution in [0, 0.1) is 5.82 Å². The first kappa shape index (κ1) is 16.3. The molecule has 0 radical (unpaired) electrons. The average Bonchev–Trinajstić information content (AvgIpc) is 2.63. The van der Waals surface area contributed by atoms with Crippen molar-refractivity contribution >= 4 is 0 Å². The highest BCUT2D eigenvalue weighted by molar-refractivity contribution is 5.71. The minimum absolute atomic E-state index is 0.213. The minimum Gasteiger partial charge on any atom is -0.497 e. The molecule has 3 aromatic rings. The summed E-state index contributed by atoms with van der Waals surface area (Å²) >= 11 is 0. The van der Waals surface area contributed by atoms with E-state index in [4.69, 9.17) is 4.74 Å². The van der Waals surface area contributed by atoms with E-state index in [0.29, 0.717) is 5.56 Å². The zero-order chi connectivity index (χ0) is 16.9. The van der Waals surface area contributed by atoms with Crippen LogP contribution in [0.15, 0.2) is 66.7 Å². The van der Waals surface area contributed by atoms with Crippen LogP contribution in [0.3, 0.4) is 0 Å². The first-order valence-electron chi connectivity index (χ1n) is 8.24. The topological polar surface area (TPSA) is 9.23 Å². The molecule has 2 heteroatoms. The van der Waals surface area contributed by atoms with Crippen molar-refractivity contribution in [2.45, 2.75) is 19.8 Å². The maximum atomic E-state index is 14.6. The Labute approximate surface area is 142 Å². The van der Waals surface area contributed by atoms with Crippen molar-refractivity contribution in [3.63, 3.8) is 0 Å². The van der Waals surface area contributed by atoms with E-state index in [9.17, 15) is 4.39 Å². The third-order valence-corrected chi connectivity index (χ3v) is 4.20. The van der Waals surface area contributed by atoms with Gasteiger partial charge in [-0.15, -0.1) is 0 Å². The predicted molar refractivity (Wildman–Crippen MR) is 97.8 cm³/mol. The molecule has 0 unspecified atom stereocenters. The monoisotopic (exact) mass is 320 g/mol. The molecule has 3 rings (SSSR count). The fraction of sp³-hybridized carbons (Fsp3) is 0.182. The molecule has 122 valence electrons. The van der Waals surface area contributed by atoms with Crippen LogP contribution in [0.1, 0.15) is 18.9 Å². The molecule has 0 aliphatic carbocycles. The van der Waals surface area contributed by atoms with Gasteiger partial charge in [0.2, 0.25) is 0 Å². The van der Waals surface area contributed by atoms with Gasteiger partial charge in [0.25, 0.3) is 0 Å². The fourth-order valence-corrected chi connectivity index (χ4v) is 2.85. The van der Waals surface area contributed by atoms with Gasteiger partial charge < -0.3 is 4.74 Å². The van der Waals surface area contributed by atoms with Crippen LogP contribution in [0.2, 0.25) is 0 Å². The van der Waals surface area contributed by atoms with Crippen LogP contribution in [-0.4, -0.2) is 7.11 Å². The van der Waals surface area contributed by atoms with Crippen molar-refractivity contribution in [3.05, 3.63) is 78.1 Å². The lowest BCUT2D eigenvalue weighted by atomic mass is 9.98. The molecule has 0 aliphatic heterocycles. The predicted octanol–water partition coefficient (Wildman–Crippen LogP) is 6.12. The van der Waals surface area contributed by atoms with E-state index in [2.05, 4.69) is 31.2 Å². The molecule has 0 aliphatic rings. The molecule has 0 fully saturated rings. The number of hydrogen-bond donors (Lipinski definition) is 0. The maximum absolute atomic E-state index is 14.6. The summed E-state index contributed by atoms with van der Waals surface area (Å²) in [7, 11) is 1.62. The molecular formula is C22H21FO. The molecule has 3 aromatic carbocycles. The minimum atomic E-state index is -0.213. The van der Waals surface area contributed by atoms with Gasteiger partial charge in [0.15, 0.2) is 0 Å². The van der Waals surface area contributed by atoms with Gasteiger partial charge in [-0.25, -0.2) is 4.39 Å². The summed E-state index contributed by atoms with van der Waals surface area (Å²) in [6, 6.07) is 21.2. The van der Waals surface area contributed by atoms with E-state index in [0.717, 1.165) is 35.3 Å². The molecule has 24 heavy (non-hydrogen) atoms. The van der Waals surface area contributed by atoms with Gasteiger partial charge in [-0.1, -0.05) is 61.9 Å². The van der Waals surface area contributed by atoms with Crippen LogP contribution < -0.4 is 4.74 Å².